The number of phenolic OH excluding ortho intramolecular Hbond substituents is 1. The molecule has 2 rings (SSSR count). The molecule has 1 atom stereocenters. The minimum Gasteiger partial charge on any atom is -0.508 e. The SMILES string of the molecule is O=C(O)[C@H](CCc1ccc(O)cc1)n1cccc1Br. The van der Waals surface area contributed by atoms with Gasteiger partial charge in [-0.2, -0.15) is 0 Å². The summed E-state index contributed by atoms with van der Waals surface area (Å²) in [5.74, 6) is -0.637. The molecule has 0 saturated heterocycles. The number of aromatic hydroxyl groups is 1. The molecule has 1 aromatic carbocycles. The molecule has 0 bridgehead atoms. The fourth-order valence-corrected chi connectivity index (χ4v) is 2.49. The molecule has 1 aromatic heterocycles. The van der Waals surface area contributed by atoms with Crippen molar-refractivity contribution in [2.45, 2.75) is 18.9 Å². The largest absolute Gasteiger partial charge is 0.508 e. The zero-order valence-electron chi connectivity index (χ0n) is 10.2. The van der Waals surface area contributed by atoms with Crippen LogP contribution in [0.2, 0.25) is 0 Å². The van der Waals surface area contributed by atoms with E-state index in [1.54, 1.807) is 41.1 Å². The number of aryl methyl sites for hydroxylation is 1. The van der Waals surface area contributed by atoms with Crippen molar-refractivity contribution < 1.29 is 15.0 Å². The molecule has 1 heterocycles. The summed E-state index contributed by atoms with van der Waals surface area (Å²) in [7, 11) is 0. The monoisotopic (exact) mass is 323 g/mol. The fraction of sp³-hybridized carbons (Fsp3) is 0.214. The van der Waals surface area contributed by atoms with Crippen molar-refractivity contribution >= 4 is 21.9 Å². The molecule has 2 N–H and O–H groups in total. The Labute approximate surface area is 119 Å². The van der Waals surface area contributed by atoms with Gasteiger partial charge in [0.1, 0.15) is 11.8 Å². The number of carbonyl (C=O) groups is 1. The van der Waals surface area contributed by atoms with Crippen molar-refractivity contribution in [3.63, 3.8) is 0 Å². The van der Waals surface area contributed by atoms with Gasteiger partial charge in [-0.25, -0.2) is 4.79 Å². The number of carboxylic acid groups (broad SMARTS) is 1. The van der Waals surface area contributed by atoms with Gasteiger partial charge in [0.2, 0.25) is 0 Å². The van der Waals surface area contributed by atoms with Crippen molar-refractivity contribution in [1.29, 1.82) is 0 Å². The van der Waals surface area contributed by atoms with Crippen LogP contribution in [-0.2, 0) is 11.2 Å². The predicted molar refractivity (Wildman–Crippen MR) is 75.2 cm³/mol. The van der Waals surface area contributed by atoms with E-state index >= 15 is 0 Å². The third-order valence-electron chi connectivity index (χ3n) is 2.99. The van der Waals surface area contributed by atoms with E-state index in [0.717, 1.165) is 10.2 Å². The summed E-state index contributed by atoms with van der Waals surface area (Å²) in [6.07, 6.45) is 2.88. The topological polar surface area (TPSA) is 62.5 Å². The van der Waals surface area contributed by atoms with Gasteiger partial charge in [-0.3, -0.25) is 0 Å². The van der Waals surface area contributed by atoms with Crippen LogP contribution in [0.25, 0.3) is 0 Å². The molecular weight excluding hydrogens is 310 g/mol. The van der Waals surface area contributed by atoms with Crippen molar-refractivity contribution in [3.8, 4) is 5.75 Å². The van der Waals surface area contributed by atoms with Gasteiger partial charge in [0.05, 0.1) is 4.60 Å². The van der Waals surface area contributed by atoms with Gasteiger partial charge in [-0.15, -0.1) is 0 Å². The van der Waals surface area contributed by atoms with Gasteiger partial charge >= 0.3 is 5.97 Å². The van der Waals surface area contributed by atoms with E-state index in [9.17, 15) is 15.0 Å². The number of halogens is 1. The van der Waals surface area contributed by atoms with Crippen LogP contribution in [-0.4, -0.2) is 20.7 Å². The Bertz CT molecular complexity index is 562. The summed E-state index contributed by atoms with van der Waals surface area (Å²) in [4.78, 5) is 11.3. The van der Waals surface area contributed by atoms with Gasteiger partial charge in [-0.1, -0.05) is 12.1 Å². The second-order valence-electron chi connectivity index (χ2n) is 4.30. The maximum absolute atomic E-state index is 11.3. The van der Waals surface area contributed by atoms with Crippen LogP contribution in [0.1, 0.15) is 18.0 Å². The minimum absolute atomic E-state index is 0.215. The van der Waals surface area contributed by atoms with Crippen molar-refractivity contribution in [2.24, 2.45) is 0 Å². The Morgan fingerprint density at radius 1 is 1.26 bits per heavy atom. The minimum atomic E-state index is -0.851. The molecule has 100 valence electrons. The van der Waals surface area contributed by atoms with E-state index in [4.69, 9.17) is 0 Å². The lowest BCUT2D eigenvalue weighted by Crippen LogP contribution is -2.19. The molecule has 0 fully saturated rings. The molecule has 5 heteroatoms. The van der Waals surface area contributed by atoms with Crippen LogP contribution < -0.4 is 0 Å². The number of hydrogen-bond acceptors (Lipinski definition) is 2. The first-order valence-corrected chi connectivity index (χ1v) is 6.70. The van der Waals surface area contributed by atoms with Crippen molar-refractivity contribution in [2.75, 3.05) is 0 Å². The quantitative estimate of drug-likeness (QED) is 0.888. The highest BCUT2D eigenvalue weighted by Gasteiger charge is 2.20. The van der Waals surface area contributed by atoms with E-state index < -0.39 is 12.0 Å². The highest BCUT2D eigenvalue weighted by Crippen LogP contribution is 2.22. The zero-order chi connectivity index (χ0) is 13.8. The maximum atomic E-state index is 11.3. The lowest BCUT2D eigenvalue weighted by molar-refractivity contribution is -0.141. The van der Waals surface area contributed by atoms with Gasteiger partial charge < -0.3 is 14.8 Å². The average Bonchev–Trinajstić information content (AvgIpc) is 2.78. The average molecular weight is 324 g/mol. The number of aromatic nitrogens is 1. The number of nitrogens with zero attached hydrogens (tertiary/aromatic N) is 1. The predicted octanol–water partition coefficient (Wildman–Crippen LogP) is 3.21. The standard InChI is InChI=1S/C14H14BrNO3/c15-13-2-1-9-16(13)12(14(18)19)8-5-10-3-6-11(17)7-4-10/h1-4,6-7,9,12,17H,5,8H2,(H,18,19)/t12-/m0/s1. The van der Waals surface area contributed by atoms with Crippen molar-refractivity contribution in [3.05, 3.63) is 52.8 Å². The molecule has 0 spiro atoms. The molecule has 0 unspecified atom stereocenters. The first-order valence-electron chi connectivity index (χ1n) is 5.91. The summed E-state index contributed by atoms with van der Waals surface area (Å²) in [6.45, 7) is 0. The Morgan fingerprint density at radius 3 is 2.47 bits per heavy atom. The summed E-state index contributed by atoms with van der Waals surface area (Å²) < 4.78 is 2.45. The highest BCUT2D eigenvalue weighted by molar-refractivity contribution is 9.10. The zero-order valence-corrected chi connectivity index (χ0v) is 11.7. The second kappa shape index (κ2) is 5.93. The molecule has 19 heavy (non-hydrogen) atoms. The fourth-order valence-electron chi connectivity index (χ4n) is 1.97. The first-order chi connectivity index (χ1) is 9.08. The highest BCUT2D eigenvalue weighted by atomic mass is 79.9. The van der Waals surface area contributed by atoms with E-state index in [1.807, 2.05) is 6.07 Å². The lowest BCUT2D eigenvalue weighted by Gasteiger charge is -2.15. The van der Waals surface area contributed by atoms with E-state index in [2.05, 4.69) is 15.9 Å². The van der Waals surface area contributed by atoms with Crippen LogP contribution in [0, 0.1) is 0 Å². The summed E-state index contributed by atoms with van der Waals surface area (Å²) in [5.41, 5.74) is 1.01. The lowest BCUT2D eigenvalue weighted by atomic mass is 10.1. The van der Waals surface area contributed by atoms with Gasteiger partial charge in [0.15, 0.2) is 0 Å². The summed E-state index contributed by atoms with van der Waals surface area (Å²) in [5, 5.41) is 18.5. The smallest absolute Gasteiger partial charge is 0.326 e. The number of carboxylic acids is 1. The van der Waals surface area contributed by atoms with E-state index in [-0.39, 0.29) is 5.75 Å². The van der Waals surface area contributed by atoms with Crippen LogP contribution in [0.3, 0.4) is 0 Å². The molecule has 4 nitrogen and oxygen atoms in total. The maximum Gasteiger partial charge on any atom is 0.326 e. The number of aliphatic carboxylic acids is 1. The molecule has 2 aromatic rings. The van der Waals surface area contributed by atoms with Crippen LogP contribution in [0.4, 0.5) is 0 Å². The van der Waals surface area contributed by atoms with Crippen LogP contribution in [0.15, 0.2) is 47.2 Å². The van der Waals surface area contributed by atoms with Crippen LogP contribution in [0.5, 0.6) is 5.75 Å². The third kappa shape index (κ3) is 3.38. The normalized spacial score (nSPS) is 12.3. The van der Waals surface area contributed by atoms with Crippen LogP contribution >= 0.6 is 15.9 Å². The molecular formula is C14H14BrNO3. The number of hydrogen-bond donors (Lipinski definition) is 2. The number of phenols is 1. The molecule has 0 radical (unpaired) electrons. The third-order valence-corrected chi connectivity index (χ3v) is 3.66. The molecule has 0 aliphatic rings. The molecule has 0 amide bonds. The summed E-state index contributed by atoms with van der Waals surface area (Å²) >= 11 is 3.34. The Morgan fingerprint density at radius 2 is 1.95 bits per heavy atom. The van der Waals surface area contributed by atoms with Gasteiger partial charge in [0.25, 0.3) is 0 Å². The van der Waals surface area contributed by atoms with E-state index in [0.29, 0.717) is 12.8 Å². The Hall–Kier alpha value is -1.75. The second-order valence-corrected chi connectivity index (χ2v) is 5.11. The first kappa shape index (κ1) is 13.7. The summed E-state index contributed by atoms with van der Waals surface area (Å²) in [6, 6.07) is 9.85. The molecule has 0 aliphatic carbocycles. The molecule has 0 saturated carbocycles. The van der Waals surface area contributed by atoms with Gasteiger partial charge in [0, 0.05) is 6.20 Å². The molecule has 0 aliphatic heterocycles. The number of rotatable bonds is 5. The van der Waals surface area contributed by atoms with Gasteiger partial charge in [-0.05, 0) is 58.6 Å². The Kier molecular flexibility index (Phi) is 4.27. The van der Waals surface area contributed by atoms with Crippen molar-refractivity contribution in [1.82, 2.24) is 4.57 Å². The Balaban J connectivity index is 2.08. The number of benzene rings is 1. The van der Waals surface area contributed by atoms with E-state index in [1.165, 1.54) is 0 Å².